The van der Waals surface area contributed by atoms with E-state index in [9.17, 15) is 9.90 Å². The molecule has 0 radical (unpaired) electrons. The van der Waals surface area contributed by atoms with Gasteiger partial charge in [0.25, 0.3) is 0 Å². The molecule has 28 heavy (non-hydrogen) atoms. The standard InChI is InChI=1S/C20H16BrN5O2/c21-13-2-1-3-15(10-13)24-20(28)23-14-6-4-12(5-7-14)16-8-9-22-19-18(16)17(11-27)25-26-19/h1-10,27H,11H2,(H,22,25,26)(H2,23,24,28). The van der Waals surface area contributed by atoms with Crippen molar-refractivity contribution in [3.05, 3.63) is 71.0 Å². The first kappa shape index (κ1) is 18.1. The Balaban J connectivity index is 1.53. The number of nitrogens with zero attached hydrogens (tertiary/aromatic N) is 2. The summed E-state index contributed by atoms with van der Waals surface area (Å²) in [5, 5.41) is 22.8. The number of anilines is 2. The van der Waals surface area contributed by atoms with Crippen LogP contribution in [0.4, 0.5) is 16.2 Å². The number of carbonyl (C=O) groups is 1. The van der Waals surface area contributed by atoms with Gasteiger partial charge in [0.05, 0.1) is 17.7 Å². The van der Waals surface area contributed by atoms with Crippen molar-refractivity contribution < 1.29 is 9.90 Å². The Morgan fingerprint density at radius 3 is 2.61 bits per heavy atom. The van der Waals surface area contributed by atoms with Gasteiger partial charge < -0.3 is 15.7 Å². The van der Waals surface area contributed by atoms with E-state index < -0.39 is 0 Å². The van der Waals surface area contributed by atoms with Crippen molar-refractivity contribution in [2.45, 2.75) is 6.61 Å². The van der Waals surface area contributed by atoms with Crippen molar-refractivity contribution >= 4 is 44.4 Å². The van der Waals surface area contributed by atoms with Crippen LogP contribution in [0.1, 0.15) is 5.69 Å². The number of amides is 2. The number of nitrogens with one attached hydrogen (secondary N) is 3. The molecule has 0 saturated carbocycles. The number of pyridine rings is 1. The average molecular weight is 438 g/mol. The number of fused-ring (bicyclic) bond motifs is 1. The van der Waals surface area contributed by atoms with Crippen LogP contribution in [0.25, 0.3) is 22.2 Å². The molecule has 0 saturated heterocycles. The zero-order chi connectivity index (χ0) is 19.5. The maximum absolute atomic E-state index is 12.2. The van der Waals surface area contributed by atoms with Gasteiger partial charge in [0.15, 0.2) is 5.65 Å². The summed E-state index contributed by atoms with van der Waals surface area (Å²) in [6, 6.07) is 16.4. The number of aromatic nitrogens is 3. The summed E-state index contributed by atoms with van der Waals surface area (Å²) in [6.45, 7) is -0.148. The fraction of sp³-hybridized carbons (Fsp3) is 0.0500. The third kappa shape index (κ3) is 3.73. The van der Waals surface area contributed by atoms with Crippen LogP contribution in [0.5, 0.6) is 0 Å². The van der Waals surface area contributed by atoms with Gasteiger partial charge in [-0.25, -0.2) is 9.78 Å². The number of benzene rings is 2. The first-order chi connectivity index (χ1) is 13.6. The van der Waals surface area contributed by atoms with E-state index in [-0.39, 0.29) is 12.6 Å². The lowest BCUT2D eigenvalue weighted by Gasteiger charge is -2.09. The van der Waals surface area contributed by atoms with E-state index in [0.717, 1.165) is 21.0 Å². The molecule has 4 aromatic rings. The second kappa shape index (κ2) is 7.79. The first-order valence-electron chi connectivity index (χ1n) is 8.51. The highest BCUT2D eigenvalue weighted by Gasteiger charge is 2.12. The van der Waals surface area contributed by atoms with Crippen molar-refractivity contribution in [1.29, 1.82) is 0 Å². The molecule has 0 fully saturated rings. The fourth-order valence-corrected chi connectivity index (χ4v) is 3.36. The second-order valence-corrected chi connectivity index (χ2v) is 7.00. The van der Waals surface area contributed by atoms with Crippen molar-refractivity contribution in [3.8, 4) is 11.1 Å². The summed E-state index contributed by atoms with van der Waals surface area (Å²) < 4.78 is 0.889. The molecule has 2 amide bonds. The molecule has 0 spiro atoms. The molecular formula is C20H16BrN5O2. The van der Waals surface area contributed by atoms with Crippen molar-refractivity contribution in [3.63, 3.8) is 0 Å². The lowest BCUT2D eigenvalue weighted by Crippen LogP contribution is -2.19. The molecule has 0 atom stereocenters. The molecule has 140 valence electrons. The van der Waals surface area contributed by atoms with Crippen molar-refractivity contribution in [1.82, 2.24) is 15.2 Å². The van der Waals surface area contributed by atoms with Gasteiger partial charge in [0.2, 0.25) is 0 Å². The van der Waals surface area contributed by atoms with Gasteiger partial charge in [-0.2, -0.15) is 5.10 Å². The second-order valence-electron chi connectivity index (χ2n) is 6.08. The van der Waals surface area contributed by atoms with E-state index in [2.05, 4.69) is 41.7 Å². The third-order valence-corrected chi connectivity index (χ3v) is 4.72. The SMILES string of the molecule is O=C(Nc1ccc(-c2ccnc3n[nH]c(CO)c23)cc1)Nc1cccc(Br)c1. The van der Waals surface area contributed by atoms with Crippen LogP contribution in [-0.2, 0) is 6.61 Å². The van der Waals surface area contributed by atoms with E-state index in [0.29, 0.717) is 22.7 Å². The van der Waals surface area contributed by atoms with Crippen molar-refractivity contribution in [2.24, 2.45) is 0 Å². The molecule has 0 unspecified atom stereocenters. The van der Waals surface area contributed by atoms with E-state index in [4.69, 9.17) is 0 Å². The highest BCUT2D eigenvalue weighted by atomic mass is 79.9. The van der Waals surface area contributed by atoms with Crippen LogP contribution in [0.3, 0.4) is 0 Å². The van der Waals surface area contributed by atoms with E-state index in [1.807, 2.05) is 54.6 Å². The van der Waals surface area contributed by atoms with Gasteiger partial charge in [-0.15, -0.1) is 0 Å². The molecule has 0 aliphatic heterocycles. The summed E-state index contributed by atoms with van der Waals surface area (Å²) in [4.78, 5) is 16.4. The zero-order valence-electron chi connectivity index (χ0n) is 14.6. The van der Waals surface area contributed by atoms with Crippen LogP contribution >= 0.6 is 15.9 Å². The predicted molar refractivity (Wildman–Crippen MR) is 112 cm³/mol. The molecule has 4 N–H and O–H groups in total. The van der Waals surface area contributed by atoms with Crippen LogP contribution < -0.4 is 10.6 Å². The minimum Gasteiger partial charge on any atom is -0.390 e. The summed E-state index contributed by atoms with van der Waals surface area (Å²) >= 11 is 3.37. The Morgan fingerprint density at radius 2 is 1.86 bits per heavy atom. The number of urea groups is 1. The lowest BCUT2D eigenvalue weighted by atomic mass is 10.0. The lowest BCUT2D eigenvalue weighted by molar-refractivity contribution is 0.262. The number of halogens is 1. The molecule has 2 aromatic heterocycles. The molecular weight excluding hydrogens is 422 g/mol. The number of aliphatic hydroxyl groups excluding tert-OH is 1. The summed E-state index contributed by atoms with van der Waals surface area (Å²) in [7, 11) is 0. The van der Waals surface area contributed by atoms with Gasteiger partial charge in [-0.1, -0.05) is 34.1 Å². The monoisotopic (exact) mass is 437 g/mol. The number of rotatable bonds is 4. The molecule has 7 nitrogen and oxygen atoms in total. The Hall–Kier alpha value is -3.23. The number of H-pyrrole nitrogens is 1. The smallest absolute Gasteiger partial charge is 0.323 e. The van der Waals surface area contributed by atoms with Crippen LogP contribution in [0.2, 0.25) is 0 Å². The predicted octanol–water partition coefficient (Wildman–Crippen LogP) is 4.52. The van der Waals surface area contributed by atoms with Crippen LogP contribution in [-0.4, -0.2) is 26.3 Å². The van der Waals surface area contributed by atoms with Crippen LogP contribution in [0.15, 0.2) is 65.3 Å². The molecule has 4 rings (SSSR count). The summed E-state index contributed by atoms with van der Waals surface area (Å²) in [6.07, 6.45) is 1.68. The van der Waals surface area contributed by atoms with E-state index in [1.54, 1.807) is 6.20 Å². The topological polar surface area (TPSA) is 103 Å². The highest BCUT2D eigenvalue weighted by Crippen LogP contribution is 2.29. The number of hydrogen-bond donors (Lipinski definition) is 4. The molecule has 2 heterocycles. The van der Waals surface area contributed by atoms with Crippen molar-refractivity contribution in [2.75, 3.05) is 10.6 Å². The molecule has 0 aliphatic carbocycles. The Morgan fingerprint density at radius 1 is 1.07 bits per heavy atom. The van der Waals surface area contributed by atoms with E-state index >= 15 is 0 Å². The van der Waals surface area contributed by atoms with E-state index in [1.165, 1.54) is 0 Å². The minimum atomic E-state index is -0.324. The first-order valence-corrected chi connectivity index (χ1v) is 9.30. The number of carbonyl (C=O) groups excluding carboxylic acids is 1. The Labute approximate surface area is 168 Å². The van der Waals surface area contributed by atoms with Gasteiger partial charge >= 0.3 is 6.03 Å². The number of aromatic amines is 1. The minimum absolute atomic E-state index is 0.148. The summed E-state index contributed by atoms with van der Waals surface area (Å²) in [5.41, 5.74) is 4.37. The van der Waals surface area contributed by atoms with Gasteiger partial charge in [-0.3, -0.25) is 5.10 Å². The van der Waals surface area contributed by atoms with Gasteiger partial charge in [-0.05, 0) is 47.5 Å². The molecule has 2 aromatic carbocycles. The maximum atomic E-state index is 12.2. The fourth-order valence-electron chi connectivity index (χ4n) is 2.96. The molecule has 0 aliphatic rings. The number of hydrogen-bond acceptors (Lipinski definition) is 4. The highest BCUT2D eigenvalue weighted by molar-refractivity contribution is 9.10. The Bertz CT molecular complexity index is 1140. The molecule has 0 bridgehead atoms. The Kier molecular flexibility index (Phi) is 5.05. The van der Waals surface area contributed by atoms with Gasteiger partial charge in [0.1, 0.15) is 0 Å². The summed E-state index contributed by atoms with van der Waals surface area (Å²) in [5.74, 6) is 0. The maximum Gasteiger partial charge on any atom is 0.323 e. The normalized spacial score (nSPS) is 10.8. The third-order valence-electron chi connectivity index (χ3n) is 4.22. The zero-order valence-corrected chi connectivity index (χ0v) is 16.2. The number of aliphatic hydroxyl groups is 1. The average Bonchev–Trinajstić information content (AvgIpc) is 3.12. The quantitative estimate of drug-likeness (QED) is 0.376. The largest absolute Gasteiger partial charge is 0.390 e. The van der Waals surface area contributed by atoms with Crippen LogP contribution in [0, 0.1) is 0 Å². The van der Waals surface area contributed by atoms with Gasteiger partial charge in [0, 0.05) is 22.0 Å². The molecule has 8 heteroatoms.